The van der Waals surface area contributed by atoms with Crippen molar-refractivity contribution in [1.29, 1.82) is 10.5 Å². The van der Waals surface area contributed by atoms with Crippen LogP contribution in [-0.4, -0.2) is 14.7 Å². The summed E-state index contributed by atoms with van der Waals surface area (Å²) in [4.78, 5) is 0. The van der Waals surface area contributed by atoms with Crippen LogP contribution in [0.2, 0.25) is 0 Å². The van der Waals surface area contributed by atoms with Gasteiger partial charge in [0.25, 0.3) is 10.0 Å². The highest BCUT2D eigenvalue weighted by Crippen LogP contribution is 2.48. The lowest BCUT2D eigenvalue weighted by atomic mass is 10.2. The molecule has 0 saturated carbocycles. The number of rotatable bonds is 8. The van der Waals surface area contributed by atoms with E-state index in [-0.39, 0.29) is 26.8 Å². The second-order valence-electron chi connectivity index (χ2n) is 7.47. The minimum atomic E-state index is -4.51. The van der Waals surface area contributed by atoms with E-state index in [2.05, 4.69) is 4.72 Å². The molecule has 0 fully saturated rings. The van der Waals surface area contributed by atoms with Crippen molar-refractivity contribution in [3.05, 3.63) is 83.4 Å². The Morgan fingerprint density at radius 1 is 0.919 bits per heavy atom. The average molecular weight is 561 g/mol. The van der Waals surface area contributed by atoms with Gasteiger partial charge in [-0.2, -0.15) is 15.2 Å². The zero-order valence-electron chi connectivity index (χ0n) is 18.5. The molecule has 0 saturated heterocycles. The molecule has 0 atom stereocenters. The first kappa shape index (κ1) is 26.1. The molecule has 188 valence electrons. The summed E-state index contributed by atoms with van der Waals surface area (Å²) in [5, 5.41) is 18.4. The van der Waals surface area contributed by atoms with Crippen molar-refractivity contribution in [1.82, 2.24) is 4.72 Å². The van der Waals surface area contributed by atoms with Gasteiger partial charge in [0.05, 0.1) is 11.1 Å². The molecule has 0 aliphatic heterocycles. The highest BCUT2D eigenvalue weighted by atomic mass is 32.2. The Kier molecular flexibility index (Phi) is 7.16. The van der Waals surface area contributed by atoms with Gasteiger partial charge in [0.15, 0.2) is 0 Å². The number of hydrogen-bond acceptors (Lipinski definition) is 9. The van der Waals surface area contributed by atoms with E-state index in [0.29, 0.717) is 15.8 Å². The third-order valence-corrected chi connectivity index (χ3v) is 9.57. The van der Waals surface area contributed by atoms with E-state index in [1.807, 2.05) is 0 Å². The molecular weight excluding hydrogens is 545 g/mol. The SMILES string of the molecule is N#Cc1ccc(OP(=O)(CNS(=O)(=O)c2cc3cc(N)ccc3s2)Oc2ccc(C#N)c(F)c2)cc1F. The van der Waals surface area contributed by atoms with Gasteiger partial charge in [-0.3, -0.25) is 0 Å². The molecule has 4 rings (SSSR count). The van der Waals surface area contributed by atoms with Crippen LogP contribution in [0.1, 0.15) is 11.1 Å². The van der Waals surface area contributed by atoms with Gasteiger partial charge in [0.1, 0.15) is 45.8 Å². The molecule has 0 unspecified atom stereocenters. The molecule has 1 heterocycles. The molecule has 0 aliphatic carbocycles. The first-order valence-electron chi connectivity index (χ1n) is 10.2. The van der Waals surface area contributed by atoms with Crippen molar-refractivity contribution in [3.8, 4) is 23.6 Å². The number of nitriles is 2. The summed E-state index contributed by atoms with van der Waals surface area (Å²) < 4.78 is 81.1. The number of halogens is 2. The first-order chi connectivity index (χ1) is 17.5. The minimum Gasteiger partial charge on any atom is -0.415 e. The Morgan fingerprint density at radius 2 is 1.49 bits per heavy atom. The van der Waals surface area contributed by atoms with E-state index in [1.54, 1.807) is 30.3 Å². The van der Waals surface area contributed by atoms with Crippen molar-refractivity contribution >= 4 is 44.7 Å². The van der Waals surface area contributed by atoms with Gasteiger partial charge in [-0.25, -0.2) is 21.8 Å². The van der Waals surface area contributed by atoms with Crippen LogP contribution >= 0.6 is 18.9 Å². The maximum atomic E-state index is 14.1. The zero-order valence-corrected chi connectivity index (χ0v) is 21.0. The van der Waals surface area contributed by atoms with Crippen LogP contribution in [0.15, 0.2) is 64.9 Å². The number of nitrogens with one attached hydrogen (secondary N) is 1. The van der Waals surface area contributed by atoms with Crippen LogP contribution < -0.4 is 19.5 Å². The van der Waals surface area contributed by atoms with Gasteiger partial charge >= 0.3 is 7.60 Å². The van der Waals surface area contributed by atoms with Crippen molar-refractivity contribution < 1.29 is 30.8 Å². The van der Waals surface area contributed by atoms with E-state index >= 15 is 0 Å². The average Bonchev–Trinajstić information content (AvgIpc) is 3.27. The molecular formula is C23H15F2N4O5PS2. The molecule has 0 amide bonds. The quantitative estimate of drug-likeness (QED) is 0.223. The standard InChI is InChI=1S/C23H15F2N4O5PS2/c24-20-9-18(4-1-14(20)11-26)33-35(30,34-19-5-2-15(12-27)21(25)10-19)13-29-37(31,32)23-8-16-7-17(28)3-6-22(16)36-23/h1-10,29H,13,28H2. The molecule has 37 heavy (non-hydrogen) atoms. The Morgan fingerprint density at radius 3 is 2.00 bits per heavy atom. The smallest absolute Gasteiger partial charge is 0.415 e. The molecule has 0 spiro atoms. The number of fused-ring (bicyclic) bond motifs is 1. The normalized spacial score (nSPS) is 11.6. The number of benzene rings is 3. The molecule has 1 aromatic heterocycles. The Hall–Kier alpha value is -4.00. The van der Waals surface area contributed by atoms with Gasteiger partial charge in [-0.15, -0.1) is 11.3 Å². The zero-order chi connectivity index (χ0) is 26.8. The summed E-state index contributed by atoms with van der Waals surface area (Å²) in [6, 6.07) is 15.5. The van der Waals surface area contributed by atoms with Crippen molar-refractivity contribution in [3.63, 3.8) is 0 Å². The second kappa shape index (κ2) is 10.2. The lowest BCUT2D eigenvalue weighted by molar-refractivity contribution is 0.382. The fourth-order valence-corrected chi connectivity index (χ4v) is 7.53. The van der Waals surface area contributed by atoms with Crippen molar-refractivity contribution in [2.24, 2.45) is 0 Å². The minimum absolute atomic E-state index is 0.103. The van der Waals surface area contributed by atoms with Crippen LogP contribution in [0, 0.1) is 34.3 Å². The number of nitrogen functional groups attached to an aromatic ring is 1. The van der Waals surface area contributed by atoms with E-state index in [0.717, 1.165) is 47.7 Å². The molecule has 0 aliphatic rings. The molecule has 0 radical (unpaired) electrons. The number of nitrogens with two attached hydrogens (primary N) is 1. The first-order valence-corrected chi connectivity index (χ1v) is 14.2. The van der Waals surface area contributed by atoms with Crippen LogP contribution in [-0.2, 0) is 14.6 Å². The number of anilines is 1. The fraction of sp³-hybridized carbons (Fsp3) is 0.0435. The lowest BCUT2D eigenvalue weighted by Crippen LogP contribution is -2.26. The number of nitrogens with zero attached hydrogens (tertiary/aromatic N) is 2. The lowest BCUT2D eigenvalue weighted by Gasteiger charge is -2.20. The van der Waals surface area contributed by atoms with Gasteiger partial charge in [-0.05, 0) is 53.9 Å². The molecule has 9 nitrogen and oxygen atoms in total. The van der Waals surface area contributed by atoms with Crippen LogP contribution in [0.25, 0.3) is 10.1 Å². The molecule has 3 N–H and O–H groups in total. The third kappa shape index (κ3) is 5.88. The van der Waals surface area contributed by atoms with Gasteiger partial charge in [-0.1, -0.05) is 0 Å². The topological polar surface area (TPSA) is 155 Å². The number of thiophene rings is 1. The predicted molar refractivity (Wildman–Crippen MR) is 133 cm³/mol. The largest absolute Gasteiger partial charge is 0.445 e. The second-order valence-corrected chi connectivity index (χ2v) is 12.4. The molecule has 3 aromatic carbocycles. The van der Waals surface area contributed by atoms with E-state index < -0.39 is 35.5 Å². The highest BCUT2D eigenvalue weighted by Gasteiger charge is 2.32. The fourth-order valence-electron chi connectivity index (χ4n) is 3.10. The van der Waals surface area contributed by atoms with Crippen LogP contribution in [0.5, 0.6) is 11.5 Å². The maximum absolute atomic E-state index is 14.1. The third-order valence-electron chi connectivity index (χ3n) is 4.84. The van der Waals surface area contributed by atoms with E-state index in [9.17, 15) is 21.8 Å². The van der Waals surface area contributed by atoms with Crippen LogP contribution in [0.3, 0.4) is 0 Å². The number of sulfonamides is 1. The summed E-state index contributed by atoms with van der Waals surface area (Å²) in [6.45, 7) is 0. The summed E-state index contributed by atoms with van der Waals surface area (Å²) in [5.74, 6) is -2.60. The monoisotopic (exact) mass is 560 g/mol. The number of hydrogen-bond donors (Lipinski definition) is 2. The van der Waals surface area contributed by atoms with Crippen LogP contribution in [0.4, 0.5) is 14.5 Å². The molecule has 0 bridgehead atoms. The van der Waals surface area contributed by atoms with Gasteiger partial charge in [0.2, 0.25) is 0 Å². The maximum Gasteiger partial charge on any atom is 0.445 e. The van der Waals surface area contributed by atoms with E-state index in [4.69, 9.17) is 25.3 Å². The predicted octanol–water partition coefficient (Wildman–Crippen LogP) is 5.09. The molecule has 4 aromatic rings. The molecule has 14 heteroatoms. The van der Waals surface area contributed by atoms with E-state index in [1.165, 1.54) is 6.07 Å². The summed E-state index contributed by atoms with van der Waals surface area (Å²) in [7, 11) is -8.74. The highest BCUT2D eigenvalue weighted by molar-refractivity contribution is 7.92. The summed E-state index contributed by atoms with van der Waals surface area (Å²) in [6.07, 6.45) is -0.922. The summed E-state index contributed by atoms with van der Waals surface area (Å²) in [5.41, 5.74) is 5.58. The van der Waals surface area contributed by atoms with Gasteiger partial charge in [0, 0.05) is 22.5 Å². The summed E-state index contributed by atoms with van der Waals surface area (Å²) >= 11 is 0.946. The van der Waals surface area contributed by atoms with Crippen molar-refractivity contribution in [2.75, 3.05) is 12.0 Å². The Balaban J connectivity index is 1.64. The van der Waals surface area contributed by atoms with Crippen molar-refractivity contribution in [2.45, 2.75) is 4.21 Å². The Bertz CT molecular complexity index is 1690. The Labute approximate surface area is 213 Å². The van der Waals surface area contributed by atoms with Gasteiger partial charge < -0.3 is 14.8 Å².